The van der Waals surface area contributed by atoms with Crippen LogP contribution in [0.25, 0.3) is 0 Å². The van der Waals surface area contributed by atoms with Gasteiger partial charge >= 0.3 is 0 Å². The quantitative estimate of drug-likeness (QED) is 0.614. The second-order valence-corrected chi connectivity index (χ2v) is 6.80. The van der Waals surface area contributed by atoms with Crippen molar-refractivity contribution in [2.24, 2.45) is 0 Å². The largest absolute Gasteiger partial charge is 0.383 e. The van der Waals surface area contributed by atoms with Crippen LogP contribution in [0.4, 0.5) is 5.82 Å². The van der Waals surface area contributed by atoms with Gasteiger partial charge in [0, 0.05) is 37.9 Å². The van der Waals surface area contributed by atoms with Crippen molar-refractivity contribution < 1.29 is 23.6 Å². The van der Waals surface area contributed by atoms with Crippen LogP contribution < -0.4 is 10.6 Å². The molecule has 1 saturated carbocycles. The Morgan fingerprint density at radius 3 is 2.68 bits per heavy atom. The fourth-order valence-corrected chi connectivity index (χ4v) is 3.01. The first kappa shape index (κ1) is 21.6. The lowest BCUT2D eigenvalue weighted by Crippen LogP contribution is -2.45. The molecule has 0 aromatic carbocycles. The number of carbonyl (C=O) groups is 3. The van der Waals surface area contributed by atoms with Crippen LogP contribution in [0.1, 0.15) is 37.9 Å². The number of nitrogens with zero attached hydrogens (tertiary/aromatic N) is 2. The number of aryl methyl sites for hydroxylation is 1. The molecular formula is C19H28N4O5. The van der Waals surface area contributed by atoms with Crippen LogP contribution in [0.2, 0.25) is 0 Å². The number of anilines is 1. The number of hydrogen-bond acceptors (Lipinski definition) is 6. The highest BCUT2D eigenvalue weighted by Gasteiger charge is 2.19. The van der Waals surface area contributed by atoms with E-state index in [1.165, 1.54) is 18.4 Å². The Balaban J connectivity index is 1.87. The van der Waals surface area contributed by atoms with Gasteiger partial charge in [0.15, 0.2) is 5.82 Å². The maximum Gasteiger partial charge on any atom is 0.249 e. The first-order valence-corrected chi connectivity index (χ1v) is 9.47. The second-order valence-electron chi connectivity index (χ2n) is 6.80. The molecule has 1 aromatic heterocycles. The van der Waals surface area contributed by atoms with E-state index in [1.807, 2.05) is 0 Å². The van der Waals surface area contributed by atoms with Gasteiger partial charge in [-0.05, 0) is 19.8 Å². The summed E-state index contributed by atoms with van der Waals surface area (Å²) in [7, 11) is 1.52. The zero-order valence-corrected chi connectivity index (χ0v) is 16.4. The van der Waals surface area contributed by atoms with E-state index < -0.39 is 11.8 Å². The molecule has 0 spiro atoms. The number of methoxy groups -OCH3 is 1. The van der Waals surface area contributed by atoms with E-state index in [0.717, 1.165) is 37.8 Å². The van der Waals surface area contributed by atoms with Crippen molar-refractivity contribution >= 4 is 23.5 Å². The maximum absolute atomic E-state index is 12.4. The second kappa shape index (κ2) is 11.2. The van der Waals surface area contributed by atoms with Gasteiger partial charge in [0.25, 0.3) is 0 Å². The molecule has 1 aromatic rings. The third-order valence-corrected chi connectivity index (χ3v) is 4.44. The van der Waals surface area contributed by atoms with E-state index in [2.05, 4.69) is 15.8 Å². The fourth-order valence-electron chi connectivity index (χ4n) is 3.01. The van der Waals surface area contributed by atoms with E-state index in [4.69, 9.17) is 9.26 Å². The Labute approximate surface area is 164 Å². The Kier molecular flexibility index (Phi) is 8.67. The Morgan fingerprint density at radius 2 is 2.04 bits per heavy atom. The van der Waals surface area contributed by atoms with Crippen molar-refractivity contribution in [3.8, 4) is 0 Å². The molecule has 9 heteroatoms. The monoisotopic (exact) mass is 392 g/mol. The van der Waals surface area contributed by atoms with Gasteiger partial charge in [0.1, 0.15) is 5.76 Å². The molecule has 154 valence electrons. The lowest BCUT2D eigenvalue weighted by molar-refractivity contribution is -0.133. The van der Waals surface area contributed by atoms with Crippen molar-refractivity contribution in [3.05, 3.63) is 24.0 Å². The maximum atomic E-state index is 12.4. The predicted octanol–water partition coefficient (Wildman–Crippen LogP) is 1.40. The van der Waals surface area contributed by atoms with Gasteiger partial charge < -0.3 is 24.8 Å². The van der Waals surface area contributed by atoms with Crippen LogP contribution in [0.5, 0.6) is 0 Å². The third-order valence-electron chi connectivity index (χ3n) is 4.44. The number of hydrogen-bond donors (Lipinski definition) is 2. The van der Waals surface area contributed by atoms with Gasteiger partial charge in [0.2, 0.25) is 17.7 Å². The number of rotatable bonds is 9. The summed E-state index contributed by atoms with van der Waals surface area (Å²) in [6, 6.07) is 1.74. The SMILES string of the molecule is COCCN(CC(=O)NC1CCCCC1)C(=O)C=CC(=O)Nc1cc(C)on1. The number of amides is 3. The zero-order valence-electron chi connectivity index (χ0n) is 16.4. The van der Waals surface area contributed by atoms with Gasteiger partial charge in [-0.2, -0.15) is 0 Å². The molecule has 1 fully saturated rings. The van der Waals surface area contributed by atoms with Gasteiger partial charge in [0.05, 0.1) is 13.2 Å². The molecule has 2 rings (SSSR count). The number of ether oxygens (including phenoxy) is 1. The van der Waals surface area contributed by atoms with Gasteiger partial charge in [-0.15, -0.1) is 0 Å². The minimum absolute atomic E-state index is 0.0763. The van der Waals surface area contributed by atoms with Crippen molar-refractivity contribution in [1.29, 1.82) is 0 Å². The van der Waals surface area contributed by atoms with E-state index in [9.17, 15) is 14.4 Å². The molecular weight excluding hydrogens is 364 g/mol. The molecule has 3 amide bonds. The molecule has 0 unspecified atom stereocenters. The normalized spacial score (nSPS) is 14.8. The lowest BCUT2D eigenvalue weighted by Gasteiger charge is -2.25. The molecule has 0 saturated heterocycles. The van der Waals surface area contributed by atoms with E-state index in [1.54, 1.807) is 13.0 Å². The highest BCUT2D eigenvalue weighted by molar-refractivity contribution is 6.03. The van der Waals surface area contributed by atoms with Crippen LogP contribution in [-0.2, 0) is 19.1 Å². The summed E-state index contributed by atoms with van der Waals surface area (Å²) in [6.45, 7) is 2.17. The Bertz CT molecular complexity index is 694. The number of nitrogens with one attached hydrogen (secondary N) is 2. The molecule has 0 atom stereocenters. The predicted molar refractivity (Wildman–Crippen MR) is 102 cm³/mol. The van der Waals surface area contributed by atoms with Crippen LogP contribution in [0.15, 0.2) is 22.7 Å². The Hall–Kier alpha value is -2.68. The summed E-state index contributed by atoms with van der Waals surface area (Å²) in [5.74, 6) is -0.331. The highest BCUT2D eigenvalue weighted by atomic mass is 16.5. The topological polar surface area (TPSA) is 114 Å². The van der Waals surface area contributed by atoms with E-state index >= 15 is 0 Å². The van der Waals surface area contributed by atoms with Gasteiger partial charge in [-0.25, -0.2) is 0 Å². The average Bonchev–Trinajstić information content (AvgIpc) is 3.08. The highest BCUT2D eigenvalue weighted by Crippen LogP contribution is 2.17. The summed E-state index contributed by atoms with van der Waals surface area (Å²) >= 11 is 0. The van der Waals surface area contributed by atoms with Crippen molar-refractivity contribution in [2.45, 2.75) is 45.1 Å². The first-order valence-electron chi connectivity index (χ1n) is 9.47. The summed E-state index contributed by atoms with van der Waals surface area (Å²) in [4.78, 5) is 38.0. The zero-order chi connectivity index (χ0) is 20.4. The molecule has 0 aliphatic heterocycles. The molecule has 2 N–H and O–H groups in total. The smallest absolute Gasteiger partial charge is 0.249 e. The van der Waals surface area contributed by atoms with Crippen molar-refractivity contribution in [3.63, 3.8) is 0 Å². The molecule has 1 aliphatic rings. The van der Waals surface area contributed by atoms with Gasteiger partial charge in [-0.3, -0.25) is 14.4 Å². The molecule has 28 heavy (non-hydrogen) atoms. The summed E-state index contributed by atoms with van der Waals surface area (Å²) < 4.78 is 9.87. The fraction of sp³-hybridized carbons (Fsp3) is 0.579. The first-order chi connectivity index (χ1) is 13.5. The minimum Gasteiger partial charge on any atom is -0.383 e. The van der Waals surface area contributed by atoms with Gasteiger partial charge in [-0.1, -0.05) is 24.4 Å². The van der Waals surface area contributed by atoms with Crippen molar-refractivity contribution in [2.75, 3.05) is 32.1 Å². The van der Waals surface area contributed by atoms with Crippen LogP contribution in [-0.4, -0.2) is 60.6 Å². The van der Waals surface area contributed by atoms with Crippen LogP contribution >= 0.6 is 0 Å². The molecule has 1 aliphatic carbocycles. The summed E-state index contributed by atoms with van der Waals surface area (Å²) in [5, 5.41) is 9.12. The third kappa shape index (κ3) is 7.51. The number of carbonyl (C=O) groups excluding carboxylic acids is 3. The van der Waals surface area contributed by atoms with Crippen LogP contribution in [0, 0.1) is 6.92 Å². The van der Waals surface area contributed by atoms with Crippen LogP contribution in [0.3, 0.4) is 0 Å². The molecule has 9 nitrogen and oxygen atoms in total. The average molecular weight is 392 g/mol. The summed E-state index contributed by atoms with van der Waals surface area (Å²) in [5.41, 5.74) is 0. The lowest BCUT2D eigenvalue weighted by atomic mass is 9.95. The van der Waals surface area contributed by atoms with E-state index in [-0.39, 0.29) is 30.9 Å². The minimum atomic E-state index is -0.514. The summed E-state index contributed by atoms with van der Waals surface area (Å²) in [6.07, 6.45) is 7.60. The number of aromatic nitrogens is 1. The van der Waals surface area contributed by atoms with Crippen molar-refractivity contribution in [1.82, 2.24) is 15.4 Å². The Morgan fingerprint density at radius 1 is 1.29 bits per heavy atom. The molecule has 1 heterocycles. The molecule has 0 radical (unpaired) electrons. The molecule has 0 bridgehead atoms. The van der Waals surface area contributed by atoms with E-state index in [0.29, 0.717) is 12.4 Å². The standard InChI is InChI=1S/C19H28N4O5/c1-14-12-16(22-28-14)21-17(24)8-9-19(26)23(10-11-27-2)13-18(25)20-15-6-4-3-5-7-15/h8-9,12,15H,3-7,10-11,13H2,1-2H3,(H,20,25)(H,21,22,24).